The first-order valence-corrected chi connectivity index (χ1v) is 4.78. The van der Waals surface area contributed by atoms with Crippen LogP contribution < -0.4 is 0 Å². The Balaban J connectivity index is 2.46. The molecule has 16 heavy (non-hydrogen) atoms. The molecular formula is C8H7F2N5S. The predicted molar refractivity (Wildman–Crippen MR) is 54.4 cm³/mol. The van der Waals surface area contributed by atoms with Crippen molar-refractivity contribution in [2.75, 3.05) is 0 Å². The first kappa shape index (κ1) is 10.8. The number of hydrogen-bond donors (Lipinski definition) is 1. The Bertz CT molecular complexity index is 521. The van der Waals surface area contributed by atoms with Crippen LogP contribution in [0.5, 0.6) is 0 Å². The predicted octanol–water partition coefficient (Wildman–Crippen LogP) is 1.66. The maximum Gasteiger partial charge on any atom is 0.256 e. The summed E-state index contributed by atoms with van der Waals surface area (Å²) in [6.45, 7) is -0.500. The molecule has 84 valence electrons. The summed E-state index contributed by atoms with van der Waals surface area (Å²) >= 11 is 4.86. The maximum atomic E-state index is 12.3. The minimum Gasteiger partial charge on any atom is -0.294 e. The third kappa shape index (κ3) is 2.11. The topological polar surface area (TPSA) is 59.4 Å². The van der Waals surface area contributed by atoms with Crippen molar-refractivity contribution in [3.63, 3.8) is 0 Å². The molecule has 2 aromatic rings. The van der Waals surface area contributed by atoms with Gasteiger partial charge >= 0.3 is 0 Å². The van der Waals surface area contributed by atoms with E-state index >= 15 is 0 Å². The number of nitrogens with one attached hydrogen (secondary N) is 1. The lowest BCUT2D eigenvalue weighted by Gasteiger charge is -2.04. The summed E-state index contributed by atoms with van der Waals surface area (Å²) in [5.74, 6) is 0.311. The largest absolute Gasteiger partial charge is 0.294 e. The lowest BCUT2D eigenvalue weighted by Crippen LogP contribution is -2.08. The zero-order valence-electron chi connectivity index (χ0n) is 7.97. The van der Waals surface area contributed by atoms with E-state index in [1.54, 1.807) is 0 Å². The Kier molecular flexibility index (Phi) is 3.00. The van der Waals surface area contributed by atoms with Crippen LogP contribution in [0, 0.1) is 4.77 Å². The highest BCUT2D eigenvalue weighted by Gasteiger charge is 2.13. The van der Waals surface area contributed by atoms with Crippen molar-refractivity contribution in [3.05, 3.63) is 23.5 Å². The van der Waals surface area contributed by atoms with Crippen molar-refractivity contribution in [1.82, 2.24) is 24.7 Å². The van der Waals surface area contributed by atoms with Crippen molar-refractivity contribution in [1.29, 1.82) is 0 Å². The molecule has 0 aliphatic carbocycles. The van der Waals surface area contributed by atoms with Crippen LogP contribution in [0.15, 0.2) is 18.7 Å². The average Bonchev–Trinajstić information content (AvgIpc) is 2.61. The lowest BCUT2D eigenvalue weighted by atomic mass is 10.3. The fourth-order valence-electron chi connectivity index (χ4n) is 1.26. The molecule has 0 radical (unpaired) electrons. The van der Waals surface area contributed by atoms with Crippen LogP contribution in [0.25, 0.3) is 11.4 Å². The number of rotatable bonds is 3. The molecule has 2 aromatic heterocycles. The summed E-state index contributed by atoms with van der Waals surface area (Å²) in [5.41, 5.74) is 0.538. The zero-order chi connectivity index (χ0) is 11.5. The molecule has 0 fully saturated rings. The van der Waals surface area contributed by atoms with Crippen molar-refractivity contribution < 1.29 is 8.78 Å². The maximum absolute atomic E-state index is 12.3. The summed E-state index contributed by atoms with van der Waals surface area (Å²) in [7, 11) is 0. The standard InChI is InChI=1S/C8H7F2N5S/c9-6(10)3-15-7(13-14-8(15)16)5-1-11-4-12-2-5/h1-2,4,6H,3H2,(H,14,16). The second-order valence-corrected chi connectivity index (χ2v) is 3.37. The van der Waals surface area contributed by atoms with Crippen molar-refractivity contribution in [2.45, 2.75) is 13.0 Å². The molecule has 0 bridgehead atoms. The number of nitrogens with zero attached hydrogens (tertiary/aromatic N) is 4. The quantitative estimate of drug-likeness (QED) is 0.833. The summed E-state index contributed by atoms with van der Waals surface area (Å²) in [4.78, 5) is 7.58. The zero-order valence-corrected chi connectivity index (χ0v) is 8.79. The summed E-state index contributed by atoms with van der Waals surface area (Å²) in [6.07, 6.45) is 1.83. The van der Waals surface area contributed by atoms with Gasteiger partial charge in [-0.15, -0.1) is 0 Å². The SMILES string of the molecule is FC(F)Cn1c(-c2cncnc2)n[nH]c1=S. The Labute approximate surface area is 94.2 Å². The highest BCUT2D eigenvalue weighted by molar-refractivity contribution is 7.71. The highest BCUT2D eigenvalue weighted by atomic mass is 32.1. The van der Waals surface area contributed by atoms with Gasteiger partial charge < -0.3 is 0 Å². The van der Waals surface area contributed by atoms with Gasteiger partial charge in [-0.3, -0.25) is 9.67 Å². The third-order valence-corrected chi connectivity index (χ3v) is 2.21. The normalized spacial score (nSPS) is 10.9. The van der Waals surface area contributed by atoms with E-state index in [2.05, 4.69) is 20.2 Å². The second kappa shape index (κ2) is 4.44. The Hall–Kier alpha value is -1.70. The molecule has 0 amide bonds. The Morgan fingerprint density at radius 2 is 2.06 bits per heavy atom. The van der Waals surface area contributed by atoms with Crippen molar-refractivity contribution in [3.8, 4) is 11.4 Å². The minimum absolute atomic E-state index is 0.152. The number of aromatic amines is 1. The van der Waals surface area contributed by atoms with Gasteiger partial charge in [-0.2, -0.15) is 5.10 Å². The van der Waals surface area contributed by atoms with Crippen molar-refractivity contribution in [2.24, 2.45) is 0 Å². The first-order valence-electron chi connectivity index (χ1n) is 4.37. The van der Waals surface area contributed by atoms with Crippen LogP contribution in [0.1, 0.15) is 0 Å². The number of halogens is 2. The van der Waals surface area contributed by atoms with Gasteiger partial charge in [0, 0.05) is 12.4 Å². The van der Waals surface area contributed by atoms with Crippen LogP contribution >= 0.6 is 12.2 Å². The van der Waals surface area contributed by atoms with E-state index in [0.717, 1.165) is 0 Å². The van der Waals surface area contributed by atoms with Crippen LogP contribution in [0.2, 0.25) is 0 Å². The van der Waals surface area contributed by atoms with Crippen LogP contribution in [0.4, 0.5) is 8.78 Å². The minimum atomic E-state index is -2.49. The number of H-pyrrole nitrogens is 1. The molecule has 0 aliphatic rings. The van der Waals surface area contributed by atoms with E-state index in [1.807, 2.05) is 0 Å². The first-order chi connectivity index (χ1) is 7.68. The molecule has 0 aliphatic heterocycles. The fraction of sp³-hybridized carbons (Fsp3) is 0.250. The molecule has 0 unspecified atom stereocenters. The molecule has 0 saturated heterocycles. The van der Waals surface area contributed by atoms with Gasteiger partial charge in [-0.05, 0) is 12.2 Å². The van der Waals surface area contributed by atoms with Gasteiger partial charge in [0.25, 0.3) is 6.43 Å². The van der Waals surface area contributed by atoms with E-state index in [4.69, 9.17) is 12.2 Å². The molecule has 0 aromatic carbocycles. The summed E-state index contributed by atoms with van der Waals surface area (Å²) in [5, 5.41) is 6.34. The van der Waals surface area contributed by atoms with Crippen LogP contribution in [-0.2, 0) is 6.54 Å². The molecular weight excluding hydrogens is 236 g/mol. The lowest BCUT2D eigenvalue weighted by molar-refractivity contribution is 0.126. The van der Waals surface area contributed by atoms with E-state index < -0.39 is 13.0 Å². The Morgan fingerprint density at radius 3 is 2.69 bits per heavy atom. The van der Waals surface area contributed by atoms with Gasteiger partial charge in [0.1, 0.15) is 6.33 Å². The summed E-state index contributed by atoms with van der Waals surface area (Å²) in [6, 6.07) is 0. The molecule has 0 saturated carbocycles. The van der Waals surface area contributed by atoms with E-state index in [9.17, 15) is 8.78 Å². The number of alkyl halides is 2. The molecule has 1 N–H and O–H groups in total. The van der Waals surface area contributed by atoms with Crippen LogP contribution in [0.3, 0.4) is 0 Å². The molecule has 8 heteroatoms. The van der Waals surface area contributed by atoms with E-state index in [-0.39, 0.29) is 4.77 Å². The van der Waals surface area contributed by atoms with Gasteiger partial charge in [-0.25, -0.2) is 18.7 Å². The molecule has 2 rings (SSSR count). The molecule has 0 atom stereocenters. The van der Waals surface area contributed by atoms with Gasteiger partial charge in [0.15, 0.2) is 10.6 Å². The molecule has 2 heterocycles. The monoisotopic (exact) mass is 243 g/mol. The average molecular weight is 243 g/mol. The van der Waals surface area contributed by atoms with Gasteiger partial charge in [0.2, 0.25) is 0 Å². The second-order valence-electron chi connectivity index (χ2n) is 2.98. The van der Waals surface area contributed by atoms with E-state index in [1.165, 1.54) is 23.3 Å². The summed E-state index contributed by atoms with van der Waals surface area (Å²) < 4.78 is 26.0. The van der Waals surface area contributed by atoms with E-state index in [0.29, 0.717) is 11.4 Å². The molecule has 0 spiro atoms. The van der Waals surface area contributed by atoms with Crippen molar-refractivity contribution >= 4 is 12.2 Å². The van der Waals surface area contributed by atoms with Gasteiger partial charge in [-0.1, -0.05) is 0 Å². The highest BCUT2D eigenvalue weighted by Crippen LogP contribution is 2.15. The third-order valence-electron chi connectivity index (χ3n) is 1.90. The smallest absolute Gasteiger partial charge is 0.256 e. The van der Waals surface area contributed by atoms with Gasteiger partial charge in [0.05, 0.1) is 12.1 Å². The fourth-order valence-corrected chi connectivity index (χ4v) is 1.47. The molecule has 5 nitrogen and oxygen atoms in total. The number of hydrogen-bond acceptors (Lipinski definition) is 4. The number of aromatic nitrogens is 5. The Morgan fingerprint density at radius 1 is 1.38 bits per heavy atom. The van der Waals surface area contributed by atoms with Crippen LogP contribution in [-0.4, -0.2) is 31.2 Å².